The number of aromatic nitrogens is 2. The summed E-state index contributed by atoms with van der Waals surface area (Å²) in [6, 6.07) is 20.7. The quantitative estimate of drug-likeness (QED) is 0.570. The van der Waals surface area contributed by atoms with Crippen molar-refractivity contribution in [2.24, 2.45) is 0 Å². The fourth-order valence-electron chi connectivity index (χ4n) is 3.10. The van der Waals surface area contributed by atoms with Gasteiger partial charge in [-0.15, -0.1) is 0 Å². The van der Waals surface area contributed by atoms with E-state index in [1.807, 2.05) is 30.3 Å². The van der Waals surface area contributed by atoms with E-state index in [0.717, 1.165) is 5.56 Å². The van der Waals surface area contributed by atoms with Gasteiger partial charge in [-0.1, -0.05) is 48.5 Å². The van der Waals surface area contributed by atoms with Crippen LogP contribution in [0.1, 0.15) is 21.5 Å². The van der Waals surface area contributed by atoms with Crippen LogP contribution in [0.4, 0.5) is 4.39 Å². The van der Waals surface area contributed by atoms with E-state index in [4.69, 9.17) is 0 Å². The van der Waals surface area contributed by atoms with Gasteiger partial charge in [-0.3, -0.25) is 14.2 Å². The second-order valence-corrected chi connectivity index (χ2v) is 6.67. The first-order chi connectivity index (χ1) is 14.1. The number of amides is 1. The van der Waals surface area contributed by atoms with E-state index in [9.17, 15) is 14.0 Å². The normalized spacial score (nSPS) is 10.8. The molecule has 0 unspecified atom stereocenters. The molecule has 0 radical (unpaired) electrons. The van der Waals surface area contributed by atoms with Gasteiger partial charge in [0.05, 0.1) is 23.8 Å². The molecule has 1 aromatic heterocycles. The topological polar surface area (TPSA) is 64.0 Å². The Morgan fingerprint density at radius 1 is 1.00 bits per heavy atom. The molecule has 0 spiro atoms. The van der Waals surface area contributed by atoms with E-state index in [0.29, 0.717) is 28.6 Å². The van der Waals surface area contributed by atoms with Gasteiger partial charge in [0, 0.05) is 17.7 Å². The monoisotopic (exact) mass is 387 g/mol. The predicted molar refractivity (Wildman–Crippen MR) is 109 cm³/mol. The maximum absolute atomic E-state index is 13.9. The summed E-state index contributed by atoms with van der Waals surface area (Å²) in [6.45, 7) is 0.503. The van der Waals surface area contributed by atoms with Crippen LogP contribution < -0.4 is 10.9 Å². The van der Waals surface area contributed by atoms with Gasteiger partial charge in [-0.25, -0.2) is 9.37 Å². The molecule has 0 fully saturated rings. The molecule has 0 saturated carbocycles. The number of rotatable bonds is 5. The van der Waals surface area contributed by atoms with Crippen molar-refractivity contribution in [2.45, 2.75) is 13.1 Å². The lowest BCUT2D eigenvalue weighted by molar-refractivity contribution is 0.0951. The molecule has 144 valence electrons. The second-order valence-electron chi connectivity index (χ2n) is 6.67. The first-order valence-corrected chi connectivity index (χ1v) is 9.16. The Bertz CT molecular complexity index is 1240. The molecule has 4 rings (SSSR count). The molecular weight excluding hydrogens is 369 g/mol. The minimum Gasteiger partial charge on any atom is -0.348 e. The molecule has 0 saturated heterocycles. The fourth-order valence-corrected chi connectivity index (χ4v) is 3.10. The molecular formula is C23H18FN3O2. The van der Waals surface area contributed by atoms with E-state index in [2.05, 4.69) is 10.3 Å². The Balaban J connectivity index is 1.56. The first-order valence-electron chi connectivity index (χ1n) is 9.16. The third-order valence-electron chi connectivity index (χ3n) is 4.68. The summed E-state index contributed by atoms with van der Waals surface area (Å²) in [6.07, 6.45) is 1.38. The fraction of sp³-hybridized carbons (Fsp3) is 0.0870. The van der Waals surface area contributed by atoms with E-state index in [-0.39, 0.29) is 23.8 Å². The summed E-state index contributed by atoms with van der Waals surface area (Å²) in [7, 11) is 0. The average Bonchev–Trinajstić information content (AvgIpc) is 2.76. The van der Waals surface area contributed by atoms with E-state index < -0.39 is 0 Å². The molecule has 0 bridgehead atoms. The third-order valence-corrected chi connectivity index (χ3v) is 4.68. The van der Waals surface area contributed by atoms with Crippen LogP contribution in [0.3, 0.4) is 0 Å². The van der Waals surface area contributed by atoms with Crippen LogP contribution in [-0.4, -0.2) is 15.5 Å². The largest absolute Gasteiger partial charge is 0.348 e. The number of benzene rings is 3. The van der Waals surface area contributed by atoms with Gasteiger partial charge in [0.1, 0.15) is 5.82 Å². The molecule has 1 N–H and O–H groups in total. The molecule has 29 heavy (non-hydrogen) atoms. The number of carbonyl (C=O) groups is 1. The van der Waals surface area contributed by atoms with Gasteiger partial charge in [0.2, 0.25) is 0 Å². The third kappa shape index (κ3) is 4.06. The Hall–Kier alpha value is -3.80. The highest BCUT2D eigenvalue weighted by atomic mass is 19.1. The van der Waals surface area contributed by atoms with Crippen LogP contribution in [0.2, 0.25) is 0 Å². The minimum absolute atomic E-state index is 0.0910. The number of nitrogens with zero attached hydrogens (tertiary/aromatic N) is 2. The SMILES string of the molecule is O=C(NCc1ccccc1)c1ccc2c(=O)n(Cc3ccccc3F)cnc2c1. The summed E-state index contributed by atoms with van der Waals surface area (Å²) in [4.78, 5) is 29.5. The van der Waals surface area contributed by atoms with Crippen LogP contribution in [0.15, 0.2) is 83.9 Å². The van der Waals surface area contributed by atoms with Crippen molar-refractivity contribution in [3.63, 3.8) is 0 Å². The molecule has 1 heterocycles. The number of halogens is 1. The van der Waals surface area contributed by atoms with Crippen molar-refractivity contribution in [1.82, 2.24) is 14.9 Å². The van der Waals surface area contributed by atoms with Crippen LogP contribution in [-0.2, 0) is 13.1 Å². The van der Waals surface area contributed by atoms with Gasteiger partial charge < -0.3 is 5.32 Å². The van der Waals surface area contributed by atoms with Crippen LogP contribution in [0.5, 0.6) is 0 Å². The standard InChI is InChI=1S/C23H18FN3O2/c24-20-9-5-4-8-18(20)14-27-15-26-21-12-17(10-11-19(21)23(27)29)22(28)25-13-16-6-2-1-3-7-16/h1-12,15H,13-14H2,(H,25,28). The Morgan fingerprint density at radius 2 is 1.76 bits per heavy atom. The van der Waals surface area contributed by atoms with Crippen molar-refractivity contribution in [3.05, 3.63) is 112 Å². The lowest BCUT2D eigenvalue weighted by Crippen LogP contribution is -2.24. The summed E-state index contributed by atoms with van der Waals surface area (Å²) < 4.78 is 15.2. The smallest absolute Gasteiger partial charge is 0.261 e. The highest BCUT2D eigenvalue weighted by Gasteiger charge is 2.11. The first kappa shape index (κ1) is 18.6. The van der Waals surface area contributed by atoms with Crippen LogP contribution in [0.25, 0.3) is 10.9 Å². The highest BCUT2D eigenvalue weighted by Crippen LogP contribution is 2.12. The van der Waals surface area contributed by atoms with Crippen molar-refractivity contribution in [1.29, 1.82) is 0 Å². The summed E-state index contributed by atoms with van der Waals surface area (Å²) >= 11 is 0. The lowest BCUT2D eigenvalue weighted by atomic mass is 10.1. The summed E-state index contributed by atoms with van der Waals surface area (Å²) in [5.74, 6) is -0.613. The predicted octanol–water partition coefficient (Wildman–Crippen LogP) is 3.51. The van der Waals surface area contributed by atoms with Crippen molar-refractivity contribution in [2.75, 3.05) is 0 Å². The van der Waals surface area contributed by atoms with Crippen LogP contribution in [0, 0.1) is 5.82 Å². The summed E-state index contributed by atoms with van der Waals surface area (Å²) in [5.41, 5.74) is 1.97. The van der Waals surface area contributed by atoms with Gasteiger partial charge in [0.15, 0.2) is 0 Å². The average molecular weight is 387 g/mol. The second kappa shape index (κ2) is 8.06. The van der Waals surface area contributed by atoms with E-state index in [1.165, 1.54) is 17.0 Å². The molecule has 1 amide bonds. The molecule has 4 aromatic rings. The Labute approximate surface area is 166 Å². The van der Waals surface area contributed by atoms with Gasteiger partial charge in [-0.05, 0) is 29.8 Å². The van der Waals surface area contributed by atoms with Crippen molar-refractivity contribution in [3.8, 4) is 0 Å². The van der Waals surface area contributed by atoms with Gasteiger partial charge in [-0.2, -0.15) is 0 Å². The zero-order chi connectivity index (χ0) is 20.2. The van der Waals surface area contributed by atoms with Gasteiger partial charge >= 0.3 is 0 Å². The zero-order valence-electron chi connectivity index (χ0n) is 15.5. The number of fused-ring (bicyclic) bond motifs is 1. The molecule has 0 atom stereocenters. The van der Waals surface area contributed by atoms with Crippen LogP contribution >= 0.6 is 0 Å². The van der Waals surface area contributed by atoms with Gasteiger partial charge in [0.25, 0.3) is 11.5 Å². The van der Waals surface area contributed by atoms with E-state index in [1.54, 1.807) is 36.4 Å². The maximum Gasteiger partial charge on any atom is 0.261 e. The molecule has 5 nitrogen and oxygen atoms in total. The maximum atomic E-state index is 13.9. The van der Waals surface area contributed by atoms with Crippen molar-refractivity contribution < 1.29 is 9.18 Å². The highest BCUT2D eigenvalue weighted by molar-refractivity contribution is 5.97. The Kier molecular flexibility index (Phi) is 5.16. The zero-order valence-corrected chi connectivity index (χ0v) is 15.5. The summed E-state index contributed by atoms with van der Waals surface area (Å²) in [5, 5.41) is 3.23. The minimum atomic E-state index is -0.370. The molecule has 6 heteroatoms. The number of hydrogen-bond donors (Lipinski definition) is 1. The number of hydrogen-bond acceptors (Lipinski definition) is 3. The number of carbonyl (C=O) groups excluding carboxylic acids is 1. The lowest BCUT2D eigenvalue weighted by Gasteiger charge is -2.09. The molecule has 0 aliphatic heterocycles. The molecule has 0 aliphatic carbocycles. The molecule has 3 aromatic carbocycles. The number of nitrogens with one attached hydrogen (secondary N) is 1. The van der Waals surface area contributed by atoms with Crippen molar-refractivity contribution >= 4 is 16.8 Å². The Morgan fingerprint density at radius 3 is 2.55 bits per heavy atom. The van der Waals surface area contributed by atoms with E-state index >= 15 is 0 Å². The molecule has 0 aliphatic rings.